The van der Waals surface area contributed by atoms with E-state index < -0.39 is 40.2 Å². The van der Waals surface area contributed by atoms with Gasteiger partial charge in [-0.05, 0) is 142 Å². The molecule has 3 aliphatic rings. The van der Waals surface area contributed by atoms with Gasteiger partial charge in [0.15, 0.2) is 0 Å². The number of ether oxygens (including phenoxy) is 4. The first-order valence-corrected chi connectivity index (χ1v) is 24.1. The van der Waals surface area contributed by atoms with Crippen molar-refractivity contribution in [2.75, 3.05) is 26.1 Å². The zero-order valence-electron chi connectivity index (χ0n) is 38.5. The largest absolute Gasteiger partial charge is 0.459 e. The van der Waals surface area contributed by atoms with E-state index in [-0.39, 0.29) is 62.0 Å². The molecular formula is C52H60FN3O10S. The first-order chi connectivity index (χ1) is 32.3. The topological polar surface area (TPSA) is 162 Å². The highest BCUT2D eigenvalue weighted by Gasteiger charge is 2.66. The summed E-state index contributed by atoms with van der Waals surface area (Å²) >= 11 is 1.64. The Morgan fingerprint density at radius 1 is 0.970 bits per heavy atom. The zero-order chi connectivity index (χ0) is 47.7. The number of rotatable bonds is 20. The van der Waals surface area contributed by atoms with E-state index in [0.29, 0.717) is 41.4 Å². The number of benzene rings is 4. The summed E-state index contributed by atoms with van der Waals surface area (Å²) in [7, 11) is 0. The molecule has 15 heteroatoms. The number of aliphatic hydroxyl groups is 2. The molecule has 1 saturated carbocycles. The second-order valence-corrected chi connectivity index (χ2v) is 19.0. The number of oxime groups is 1. The van der Waals surface area contributed by atoms with Crippen LogP contribution in [-0.4, -0.2) is 75.3 Å². The fourth-order valence-electron chi connectivity index (χ4n) is 9.57. The van der Waals surface area contributed by atoms with Gasteiger partial charge in [-0.15, -0.1) is 18.3 Å². The molecule has 0 spiro atoms. The molecule has 0 aromatic heterocycles. The van der Waals surface area contributed by atoms with Crippen LogP contribution in [-0.2, 0) is 16.1 Å². The lowest BCUT2D eigenvalue weighted by molar-refractivity contribution is -0.384. The number of halogens is 1. The van der Waals surface area contributed by atoms with Crippen LogP contribution in [0.2, 0.25) is 0 Å². The molecule has 13 nitrogen and oxygen atoms in total. The summed E-state index contributed by atoms with van der Waals surface area (Å²) in [5.74, 6) is -1.25. The lowest BCUT2D eigenvalue weighted by Gasteiger charge is -2.60. The van der Waals surface area contributed by atoms with Crippen LogP contribution in [0.15, 0.2) is 125 Å². The summed E-state index contributed by atoms with van der Waals surface area (Å²) in [6.45, 7) is 9.77. The van der Waals surface area contributed by atoms with Gasteiger partial charge in [-0.3, -0.25) is 15.0 Å². The van der Waals surface area contributed by atoms with E-state index in [1.54, 1.807) is 30.0 Å². The SMILES string of the molecule is C=CCO[C@@]12Oc3ccc(Oc4ccc(SC)cc4)cc3[C@H]3[C@H](CCCCO)[C@@H](CCCCO)C=C(C(=NOC(C)(C)C)C[C@@H]1N(Cc1ccc(F)cc1)C(=O)Oc1ccc([N+](=O)[O-])cc1)[C@H]32. The van der Waals surface area contributed by atoms with Crippen LogP contribution in [0.1, 0.15) is 82.8 Å². The predicted octanol–water partition coefficient (Wildman–Crippen LogP) is 11.4. The summed E-state index contributed by atoms with van der Waals surface area (Å²) in [6.07, 6.45) is 9.38. The maximum absolute atomic E-state index is 15.0. The van der Waals surface area contributed by atoms with Crippen molar-refractivity contribution >= 4 is 29.3 Å². The standard InChI is InChI=1S/C52H60FN3O10S/c1-6-29-62-52-47(55(33-34-13-15-36(53)16-14-34)50(59)64-39-19-17-37(18-20-39)56(60)61)32-45(54-66-51(2,3)4)43-30-35(11-7-9-27-57)42(12-8-10-28-58)48(49(43)52)44-31-40(23-26-46(44)65-52)63-38-21-24-41(67-5)25-22-38/h6,13-26,30-31,35,42,47-49,57-58H,1,7-12,27-29,32-33H2,2-5H3/t35-,42+,47-,48+,49+,52+/m0/s1. The van der Waals surface area contributed by atoms with Crippen molar-refractivity contribution in [1.29, 1.82) is 0 Å². The third-order valence-electron chi connectivity index (χ3n) is 12.5. The second-order valence-electron chi connectivity index (χ2n) is 18.1. The molecule has 0 saturated heterocycles. The molecule has 67 heavy (non-hydrogen) atoms. The minimum absolute atomic E-state index is 0.00739. The van der Waals surface area contributed by atoms with Gasteiger partial charge in [-0.1, -0.05) is 42.3 Å². The van der Waals surface area contributed by atoms with Crippen LogP contribution >= 0.6 is 11.8 Å². The van der Waals surface area contributed by atoms with Gasteiger partial charge in [0.05, 0.1) is 23.2 Å². The van der Waals surface area contributed by atoms with Gasteiger partial charge >= 0.3 is 6.09 Å². The number of carbonyl (C=O) groups excluding carboxylic acids is 1. The van der Waals surface area contributed by atoms with Crippen LogP contribution in [0, 0.1) is 33.7 Å². The molecule has 7 rings (SSSR count). The number of unbranched alkanes of at least 4 members (excludes halogenated alkanes) is 2. The molecule has 1 heterocycles. The number of fused-ring (bicyclic) bond motifs is 2. The summed E-state index contributed by atoms with van der Waals surface area (Å²) in [6, 6.07) is 23.7. The van der Waals surface area contributed by atoms with Crippen molar-refractivity contribution in [3.05, 3.63) is 142 Å². The van der Waals surface area contributed by atoms with Crippen molar-refractivity contribution < 1.29 is 48.1 Å². The van der Waals surface area contributed by atoms with E-state index in [1.807, 2.05) is 69.5 Å². The van der Waals surface area contributed by atoms with E-state index in [9.17, 15) is 24.7 Å². The molecule has 2 N–H and O–H groups in total. The van der Waals surface area contributed by atoms with Crippen molar-refractivity contribution in [2.45, 2.75) is 101 Å². The summed E-state index contributed by atoms with van der Waals surface area (Å²) < 4.78 is 41.5. The highest BCUT2D eigenvalue weighted by atomic mass is 32.2. The van der Waals surface area contributed by atoms with Crippen molar-refractivity contribution in [3.63, 3.8) is 0 Å². The van der Waals surface area contributed by atoms with Gasteiger partial charge in [0.25, 0.3) is 5.69 Å². The molecule has 4 aromatic rings. The van der Waals surface area contributed by atoms with E-state index in [0.717, 1.165) is 41.7 Å². The minimum atomic E-state index is -1.63. The normalized spacial score (nSPS) is 22.4. The van der Waals surface area contributed by atoms with Gasteiger partial charge in [-0.25, -0.2) is 9.18 Å². The number of nitro groups is 1. The number of carbonyl (C=O) groups is 1. The maximum atomic E-state index is 15.0. The number of amides is 1. The van der Waals surface area contributed by atoms with Crippen LogP contribution in [0.3, 0.4) is 0 Å². The molecule has 356 valence electrons. The highest BCUT2D eigenvalue weighted by Crippen LogP contribution is 2.62. The van der Waals surface area contributed by atoms with Gasteiger partial charge in [0.1, 0.15) is 40.5 Å². The van der Waals surface area contributed by atoms with Crippen LogP contribution in [0.5, 0.6) is 23.0 Å². The minimum Gasteiger partial charge on any atom is -0.459 e. The fourth-order valence-corrected chi connectivity index (χ4v) is 9.98. The number of hydrogen-bond acceptors (Lipinski definition) is 12. The Balaban J connectivity index is 1.46. The molecule has 1 aliphatic heterocycles. The smallest absolute Gasteiger partial charge is 0.416 e. The first kappa shape index (κ1) is 49.2. The molecule has 6 atom stereocenters. The quantitative estimate of drug-likeness (QED) is 0.0285. The first-order valence-electron chi connectivity index (χ1n) is 22.8. The van der Waals surface area contributed by atoms with E-state index in [2.05, 4.69) is 12.7 Å². The molecule has 0 radical (unpaired) electrons. The van der Waals surface area contributed by atoms with Crippen molar-refractivity contribution in [3.8, 4) is 23.0 Å². The second kappa shape index (κ2) is 21.9. The Labute approximate surface area is 395 Å². The lowest BCUT2D eigenvalue weighted by atomic mass is 9.55. The molecular weight excluding hydrogens is 878 g/mol. The summed E-state index contributed by atoms with van der Waals surface area (Å²) in [5, 5.41) is 36.4. The Morgan fingerprint density at radius 3 is 2.28 bits per heavy atom. The third kappa shape index (κ3) is 11.5. The zero-order valence-corrected chi connectivity index (χ0v) is 39.3. The van der Waals surface area contributed by atoms with Crippen LogP contribution in [0.4, 0.5) is 14.9 Å². The number of allylic oxidation sites excluding steroid dienone is 1. The number of nitro benzene ring substituents is 1. The van der Waals surface area contributed by atoms with Crippen LogP contribution in [0.25, 0.3) is 0 Å². The number of thioether (sulfide) groups is 1. The van der Waals surface area contributed by atoms with Gasteiger partial charge in [0, 0.05) is 54.7 Å². The summed E-state index contributed by atoms with van der Waals surface area (Å²) in [5.41, 5.74) is 2.02. The van der Waals surface area contributed by atoms with Crippen molar-refractivity contribution in [2.24, 2.45) is 22.9 Å². The lowest BCUT2D eigenvalue weighted by Crippen LogP contribution is -2.70. The average Bonchev–Trinajstić information content (AvgIpc) is 3.31. The molecule has 0 unspecified atom stereocenters. The van der Waals surface area contributed by atoms with Crippen LogP contribution < -0.4 is 14.2 Å². The van der Waals surface area contributed by atoms with E-state index >= 15 is 4.79 Å². The van der Waals surface area contributed by atoms with Gasteiger partial charge < -0.3 is 34.0 Å². The fraction of sp³-hybridized carbons (Fsp3) is 0.423. The molecule has 4 aromatic carbocycles. The highest BCUT2D eigenvalue weighted by molar-refractivity contribution is 7.98. The Morgan fingerprint density at radius 2 is 1.64 bits per heavy atom. The number of nitrogens with zero attached hydrogens (tertiary/aromatic N) is 3. The number of hydrogen-bond donors (Lipinski definition) is 2. The predicted molar refractivity (Wildman–Crippen MR) is 255 cm³/mol. The molecule has 1 amide bonds. The van der Waals surface area contributed by atoms with Gasteiger partial charge in [-0.2, -0.15) is 0 Å². The Kier molecular flexibility index (Phi) is 16.1. The monoisotopic (exact) mass is 937 g/mol. The maximum Gasteiger partial charge on any atom is 0.416 e. The molecule has 0 bridgehead atoms. The molecule has 1 fully saturated rings. The average molecular weight is 938 g/mol. The number of aliphatic hydroxyl groups excluding tert-OH is 2. The van der Waals surface area contributed by atoms with Gasteiger partial charge in [0.2, 0.25) is 5.79 Å². The number of non-ortho nitro benzene ring substituents is 1. The Hall–Kier alpha value is -5.74. The molecule has 2 aliphatic carbocycles. The van der Waals surface area contributed by atoms with E-state index in [1.165, 1.54) is 41.3 Å². The Bertz CT molecular complexity index is 2410. The summed E-state index contributed by atoms with van der Waals surface area (Å²) in [4.78, 5) is 34.9. The third-order valence-corrected chi connectivity index (χ3v) is 13.2. The van der Waals surface area contributed by atoms with E-state index in [4.69, 9.17) is 28.9 Å². The van der Waals surface area contributed by atoms with Crippen molar-refractivity contribution in [1.82, 2.24) is 4.90 Å².